The zero-order valence-corrected chi connectivity index (χ0v) is 5.61. The third-order valence-electron chi connectivity index (χ3n) is 0.872. The topological polar surface area (TPSA) is 82.3 Å². The van der Waals surface area contributed by atoms with Gasteiger partial charge < -0.3 is 0 Å². The number of ether oxygens (including phenoxy) is 1. The first-order valence-electron chi connectivity index (χ1n) is 2.45. The normalized spacial score (nSPS) is 21.0. The van der Waals surface area contributed by atoms with Crippen molar-refractivity contribution in [2.45, 2.75) is 0 Å². The SMILES string of the molecule is O[PH](O)(O)C1=NCCO1. The van der Waals surface area contributed by atoms with Crippen LogP contribution in [0.15, 0.2) is 4.99 Å². The van der Waals surface area contributed by atoms with Crippen LogP contribution in [0.4, 0.5) is 0 Å². The molecule has 1 heterocycles. The van der Waals surface area contributed by atoms with Gasteiger partial charge in [-0.1, -0.05) is 0 Å². The van der Waals surface area contributed by atoms with Gasteiger partial charge >= 0.3 is 51.1 Å². The van der Waals surface area contributed by atoms with Crippen molar-refractivity contribution in [2.75, 3.05) is 13.2 Å². The van der Waals surface area contributed by atoms with Gasteiger partial charge in [-0.2, -0.15) is 0 Å². The van der Waals surface area contributed by atoms with Gasteiger partial charge in [-0.05, 0) is 0 Å². The fraction of sp³-hybridized carbons (Fsp3) is 0.667. The van der Waals surface area contributed by atoms with E-state index in [1.54, 1.807) is 0 Å². The minimum absolute atomic E-state index is 0.289. The number of hydrogen-bond acceptors (Lipinski definition) is 5. The van der Waals surface area contributed by atoms with E-state index >= 15 is 0 Å². The van der Waals surface area contributed by atoms with Gasteiger partial charge in [0.1, 0.15) is 0 Å². The second kappa shape index (κ2) is 2.19. The molecule has 5 nitrogen and oxygen atoms in total. The van der Waals surface area contributed by atoms with Crippen LogP contribution in [0.2, 0.25) is 0 Å². The zero-order valence-electron chi connectivity index (χ0n) is 4.61. The number of nitrogens with zero attached hydrogens (tertiary/aromatic N) is 1. The molecule has 0 aromatic carbocycles. The Morgan fingerprint density at radius 2 is 2.11 bits per heavy atom. The van der Waals surface area contributed by atoms with E-state index in [-0.39, 0.29) is 5.64 Å². The third kappa shape index (κ3) is 1.59. The Balaban J connectivity index is 2.61. The van der Waals surface area contributed by atoms with E-state index in [1.807, 2.05) is 0 Å². The van der Waals surface area contributed by atoms with Crippen LogP contribution in [0.1, 0.15) is 0 Å². The predicted octanol–water partition coefficient (Wildman–Crippen LogP) is -1.16. The third-order valence-corrected chi connectivity index (χ3v) is 1.75. The Morgan fingerprint density at radius 1 is 1.44 bits per heavy atom. The summed E-state index contributed by atoms with van der Waals surface area (Å²) in [6, 6.07) is 0. The van der Waals surface area contributed by atoms with Gasteiger partial charge in [0, 0.05) is 0 Å². The van der Waals surface area contributed by atoms with Gasteiger partial charge in [0.15, 0.2) is 0 Å². The summed E-state index contributed by atoms with van der Waals surface area (Å²) < 4.78 is 4.58. The predicted molar refractivity (Wildman–Crippen MR) is 33.2 cm³/mol. The first-order valence-corrected chi connectivity index (χ1v) is 4.30. The average Bonchev–Trinajstić information content (AvgIpc) is 2.08. The first kappa shape index (κ1) is 6.89. The van der Waals surface area contributed by atoms with Crippen LogP contribution in [0.3, 0.4) is 0 Å². The van der Waals surface area contributed by atoms with Gasteiger partial charge in [0.2, 0.25) is 0 Å². The number of hydrogen-bond donors (Lipinski definition) is 3. The second-order valence-corrected chi connectivity index (χ2v) is 3.37. The van der Waals surface area contributed by atoms with Crippen molar-refractivity contribution in [2.24, 2.45) is 4.99 Å². The van der Waals surface area contributed by atoms with E-state index in [1.165, 1.54) is 0 Å². The van der Waals surface area contributed by atoms with Crippen molar-refractivity contribution in [1.82, 2.24) is 0 Å². The van der Waals surface area contributed by atoms with Crippen LogP contribution in [0.5, 0.6) is 0 Å². The summed E-state index contributed by atoms with van der Waals surface area (Å²) in [6.45, 7) is 0.720. The molecule has 0 aliphatic carbocycles. The second-order valence-electron chi connectivity index (χ2n) is 1.67. The Bertz CT molecular complexity index is 139. The maximum atomic E-state index is 8.51. The van der Waals surface area contributed by atoms with E-state index in [0.717, 1.165) is 0 Å². The van der Waals surface area contributed by atoms with E-state index in [9.17, 15) is 0 Å². The molecule has 0 saturated carbocycles. The van der Waals surface area contributed by atoms with E-state index < -0.39 is 7.94 Å². The van der Waals surface area contributed by atoms with Crippen molar-refractivity contribution >= 4 is 13.6 Å². The molecule has 6 heteroatoms. The molecule has 0 unspecified atom stereocenters. The molecule has 0 saturated heterocycles. The summed E-state index contributed by atoms with van der Waals surface area (Å²) >= 11 is 0. The van der Waals surface area contributed by atoms with Crippen LogP contribution in [-0.4, -0.2) is 33.5 Å². The molecule has 9 heavy (non-hydrogen) atoms. The van der Waals surface area contributed by atoms with Gasteiger partial charge in [-0.3, -0.25) is 0 Å². The van der Waals surface area contributed by atoms with Crippen molar-refractivity contribution in [3.05, 3.63) is 0 Å². The molecule has 0 radical (unpaired) electrons. The standard InChI is InChI=1S/C3H8NO4P/c5-9(6,7)3-4-1-2-8-3/h5-7,9H,1-2H2. The molecule has 0 spiro atoms. The minimum atomic E-state index is -4.20. The molecule has 0 aromatic rings. The molecule has 3 N–H and O–H groups in total. The zero-order chi connectivity index (χ0) is 6.91. The fourth-order valence-corrected chi connectivity index (χ4v) is 1.16. The van der Waals surface area contributed by atoms with E-state index in [2.05, 4.69) is 9.73 Å². The number of rotatable bonds is 1. The molecule has 0 fully saturated rings. The van der Waals surface area contributed by atoms with Crippen molar-refractivity contribution in [3.63, 3.8) is 0 Å². The summed E-state index contributed by atoms with van der Waals surface area (Å²) in [5.41, 5.74) is -0.289. The maximum absolute atomic E-state index is 8.51. The molecular formula is C3H8NO4P. The van der Waals surface area contributed by atoms with Crippen LogP contribution in [0, 0.1) is 0 Å². The monoisotopic (exact) mass is 153 g/mol. The molecule has 1 rings (SSSR count). The molecular weight excluding hydrogens is 145 g/mol. The molecule has 0 atom stereocenters. The van der Waals surface area contributed by atoms with Crippen molar-refractivity contribution in [3.8, 4) is 0 Å². The van der Waals surface area contributed by atoms with Gasteiger partial charge in [0.05, 0.1) is 0 Å². The molecule has 54 valence electrons. The summed E-state index contributed by atoms with van der Waals surface area (Å²) in [6.07, 6.45) is 0. The first-order chi connectivity index (χ1) is 4.11. The van der Waals surface area contributed by atoms with Gasteiger partial charge in [-0.25, -0.2) is 0 Å². The van der Waals surface area contributed by atoms with Crippen LogP contribution in [0.25, 0.3) is 0 Å². The van der Waals surface area contributed by atoms with Crippen LogP contribution < -0.4 is 0 Å². The van der Waals surface area contributed by atoms with E-state index in [4.69, 9.17) is 14.7 Å². The Labute approximate surface area is 52.2 Å². The molecule has 0 aromatic heterocycles. The summed E-state index contributed by atoms with van der Waals surface area (Å²) in [4.78, 5) is 29.0. The Morgan fingerprint density at radius 3 is 2.33 bits per heavy atom. The van der Waals surface area contributed by atoms with E-state index in [0.29, 0.717) is 13.2 Å². The van der Waals surface area contributed by atoms with Crippen molar-refractivity contribution < 1.29 is 19.4 Å². The molecule has 1 aliphatic heterocycles. The number of aliphatic imine (C=N–C) groups is 1. The van der Waals surface area contributed by atoms with Crippen LogP contribution in [-0.2, 0) is 4.74 Å². The summed E-state index contributed by atoms with van der Waals surface area (Å²) in [7, 11) is -4.20. The molecule has 0 amide bonds. The van der Waals surface area contributed by atoms with Gasteiger partial charge in [0.25, 0.3) is 0 Å². The quantitative estimate of drug-likeness (QED) is 0.415. The van der Waals surface area contributed by atoms with Crippen molar-refractivity contribution in [1.29, 1.82) is 0 Å². The summed E-state index contributed by atoms with van der Waals surface area (Å²) in [5, 5.41) is 0. The molecule has 1 aliphatic rings. The average molecular weight is 153 g/mol. The summed E-state index contributed by atoms with van der Waals surface area (Å²) in [5.74, 6) is 0. The fourth-order valence-electron chi connectivity index (χ4n) is 0.538. The Hall–Kier alpha value is -0.220. The van der Waals surface area contributed by atoms with Crippen LogP contribution >= 0.6 is 7.94 Å². The Kier molecular flexibility index (Phi) is 1.68. The van der Waals surface area contributed by atoms with Gasteiger partial charge in [-0.15, -0.1) is 0 Å². The molecule has 0 bridgehead atoms.